The van der Waals surface area contributed by atoms with Crippen molar-refractivity contribution in [3.8, 4) is 0 Å². The summed E-state index contributed by atoms with van der Waals surface area (Å²) >= 11 is 0. The maximum absolute atomic E-state index is 6.03. The van der Waals surface area contributed by atoms with E-state index in [9.17, 15) is 0 Å². The summed E-state index contributed by atoms with van der Waals surface area (Å²) in [6.45, 7) is 8.24. The van der Waals surface area contributed by atoms with Crippen molar-refractivity contribution in [1.29, 1.82) is 0 Å². The first-order valence-electron chi connectivity index (χ1n) is 8.66. The van der Waals surface area contributed by atoms with Crippen LogP contribution in [0.4, 0.5) is 0 Å². The highest BCUT2D eigenvalue weighted by molar-refractivity contribution is 14.0. The molecule has 4 nitrogen and oxygen atoms in total. The molecule has 0 aliphatic rings. The number of rotatable bonds is 9. The van der Waals surface area contributed by atoms with E-state index in [4.69, 9.17) is 5.73 Å². The monoisotopic (exact) mass is 446 g/mol. The maximum atomic E-state index is 6.03. The molecule has 0 saturated carbocycles. The number of hydrogen-bond acceptors (Lipinski definition) is 2. The third-order valence-corrected chi connectivity index (χ3v) is 3.84. The van der Waals surface area contributed by atoms with Crippen LogP contribution >= 0.6 is 24.0 Å². The van der Waals surface area contributed by atoms with E-state index in [0.29, 0.717) is 18.5 Å². The Morgan fingerprint density at radius 1 is 1.12 bits per heavy atom. The molecule has 0 aliphatic heterocycles. The van der Waals surface area contributed by atoms with Crippen LogP contribution in [0, 0.1) is 5.92 Å². The Morgan fingerprint density at radius 3 is 2.33 bits per heavy atom. The fraction of sp³-hybridized carbons (Fsp3) is 0.632. The van der Waals surface area contributed by atoms with Gasteiger partial charge in [0, 0.05) is 12.6 Å². The van der Waals surface area contributed by atoms with Gasteiger partial charge in [0.2, 0.25) is 0 Å². The van der Waals surface area contributed by atoms with Crippen LogP contribution in [0.2, 0.25) is 0 Å². The molecule has 5 heteroatoms. The van der Waals surface area contributed by atoms with Gasteiger partial charge in [-0.15, -0.1) is 24.0 Å². The van der Waals surface area contributed by atoms with Crippen molar-refractivity contribution in [2.75, 3.05) is 14.1 Å². The van der Waals surface area contributed by atoms with Crippen LogP contribution in [-0.4, -0.2) is 31.0 Å². The molecule has 1 atom stereocenters. The van der Waals surface area contributed by atoms with Crippen LogP contribution < -0.4 is 11.1 Å². The van der Waals surface area contributed by atoms with E-state index >= 15 is 0 Å². The van der Waals surface area contributed by atoms with Gasteiger partial charge in [0.05, 0.1) is 6.54 Å². The zero-order valence-corrected chi connectivity index (χ0v) is 18.2. The van der Waals surface area contributed by atoms with Crippen molar-refractivity contribution >= 4 is 29.9 Å². The summed E-state index contributed by atoms with van der Waals surface area (Å²) in [7, 11) is 4.16. The van der Waals surface area contributed by atoms with E-state index in [-0.39, 0.29) is 24.0 Å². The van der Waals surface area contributed by atoms with E-state index in [1.165, 1.54) is 24.0 Å². The van der Waals surface area contributed by atoms with E-state index in [2.05, 4.69) is 74.3 Å². The van der Waals surface area contributed by atoms with Gasteiger partial charge in [-0.05, 0) is 44.5 Å². The average Bonchev–Trinajstić information content (AvgIpc) is 2.45. The van der Waals surface area contributed by atoms with Crippen molar-refractivity contribution in [2.24, 2.45) is 16.6 Å². The number of benzene rings is 1. The van der Waals surface area contributed by atoms with Gasteiger partial charge in [-0.2, -0.15) is 0 Å². The van der Waals surface area contributed by atoms with Crippen LogP contribution in [0.15, 0.2) is 29.3 Å². The minimum atomic E-state index is 0. The highest BCUT2D eigenvalue weighted by Crippen LogP contribution is 2.12. The summed E-state index contributed by atoms with van der Waals surface area (Å²) in [5.74, 6) is 1.31. The Morgan fingerprint density at radius 2 is 1.75 bits per heavy atom. The fourth-order valence-corrected chi connectivity index (χ4v) is 2.58. The molecule has 0 aliphatic carbocycles. The fourth-order valence-electron chi connectivity index (χ4n) is 2.58. The Bertz CT molecular complexity index is 486. The smallest absolute Gasteiger partial charge is 0.189 e. The van der Waals surface area contributed by atoms with Crippen molar-refractivity contribution in [1.82, 2.24) is 10.2 Å². The lowest BCUT2D eigenvalue weighted by molar-refractivity contribution is 0.401. The van der Waals surface area contributed by atoms with Gasteiger partial charge in [0.15, 0.2) is 5.96 Å². The first kappa shape index (κ1) is 23.2. The normalized spacial score (nSPS) is 13.0. The lowest BCUT2D eigenvalue weighted by Gasteiger charge is -2.16. The van der Waals surface area contributed by atoms with E-state index in [1.54, 1.807) is 0 Å². The summed E-state index contributed by atoms with van der Waals surface area (Å²) in [6.07, 6.45) is 3.62. The van der Waals surface area contributed by atoms with Gasteiger partial charge in [0.1, 0.15) is 0 Å². The summed E-state index contributed by atoms with van der Waals surface area (Å²) in [5, 5.41) is 3.30. The Kier molecular flexibility index (Phi) is 12.1. The molecular weight excluding hydrogens is 411 g/mol. The molecule has 3 N–H and O–H groups in total. The van der Waals surface area contributed by atoms with Crippen molar-refractivity contribution in [2.45, 2.75) is 59.2 Å². The SMILES string of the molecule is CC(C)CCCC(C)NC(N)=NCc1ccccc1CN(C)C.I. The van der Waals surface area contributed by atoms with E-state index < -0.39 is 0 Å². The highest BCUT2D eigenvalue weighted by Gasteiger charge is 2.05. The molecule has 0 bridgehead atoms. The molecule has 0 amide bonds. The second kappa shape index (κ2) is 12.5. The number of guanidine groups is 1. The highest BCUT2D eigenvalue weighted by atomic mass is 127. The van der Waals surface area contributed by atoms with Crippen molar-refractivity contribution in [3.63, 3.8) is 0 Å². The Balaban J connectivity index is 0.00000529. The third-order valence-electron chi connectivity index (χ3n) is 3.84. The molecule has 0 radical (unpaired) electrons. The number of hydrogen-bond donors (Lipinski definition) is 2. The van der Waals surface area contributed by atoms with Crippen LogP contribution in [0.3, 0.4) is 0 Å². The van der Waals surface area contributed by atoms with Crippen LogP contribution in [0.5, 0.6) is 0 Å². The zero-order valence-electron chi connectivity index (χ0n) is 15.9. The van der Waals surface area contributed by atoms with Gasteiger partial charge >= 0.3 is 0 Å². The van der Waals surface area contributed by atoms with Gasteiger partial charge < -0.3 is 16.0 Å². The first-order chi connectivity index (χ1) is 10.9. The quantitative estimate of drug-likeness (QED) is 0.343. The minimum absolute atomic E-state index is 0. The van der Waals surface area contributed by atoms with Crippen LogP contribution in [0.25, 0.3) is 0 Å². The molecule has 1 rings (SSSR count). The van der Waals surface area contributed by atoms with Gasteiger partial charge in [-0.1, -0.05) is 51.0 Å². The minimum Gasteiger partial charge on any atom is -0.370 e. The molecule has 0 saturated heterocycles. The maximum Gasteiger partial charge on any atom is 0.189 e. The topological polar surface area (TPSA) is 53.6 Å². The number of aliphatic imine (C=N–C) groups is 1. The number of nitrogens with one attached hydrogen (secondary N) is 1. The Labute approximate surface area is 165 Å². The molecule has 0 aromatic heterocycles. The van der Waals surface area contributed by atoms with Crippen molar-refractivity contribution in [3.05, 3.63) is 35.4 Å². The number of halogens is 1. The largest absolute Gasteiger partial charge is 0.370 e. The van der Waals surface area contributed by atoms with E-state index in [1.807, 2.05) is 0 Å². The summed E-state index contributed by atoms with van der Waals surface area (Å²) < 4.78 is 0. The van der Waals surface area contributed by atoms with Crippen LogP contribution in [-0.2, 0) is 13.1 Å². The molecule has 24 heavy (non-hydrogen) atoms. The molecule has 0 fully saturated rings. The molecular formula is C19H35IN4. The van der Waals surface area contributed by atoms with Crippen molar-refractivity contribution < 1.29 is 0 Å². The standard InChI is InChI=1S/C19H34N4.HI/c1-15(2)9-8-10-16(3)22-19(20)21-13-17-11-6-7-12-18(17)14-23(4)5;/h6-7,11-12,15-16H,8-10,13-14H2,1-5H3,(H3,20,21,22);1H. The first-order valence-corrected chi connectivity index (χ1v) is 8.66. The van der Waals surface area contributed by atoms with Gasteiger partial charge in [-0.3, -0.25) is 0 Å². The summed E-state index contributed by atoms with van der Waals surface area (Å²) in [5.41, 5.74) is 8.57. The van der Waals surface area contributed by atoms with Gasteiger partial charge in [0.25, 0.3) is 0 Å². The summed E-state index contributed by atoms with van der Waals surface area (Å²) in [6, 6.07) is 8.78. The molecule has 0 heterocycles. The lowest BCUT2D eigenvalue weighted by atomic mass is 10.0. The zero-order chi connectivity index (χ0) is 17.2. The molecule has 138 valence electrons. The molecule has 0 spiro atoms. The second-order valence-corrected chi connectivity index (χ2v) is 7.08. The number of nitrogens with two attached hydrogens (primary N) is 1. The van der Waals surface area contributed by atoms with E-state index in [0.717, 1.165) is 18.9 Å². The van der Waals surface area contributed by atoms with Crippen LogP contribution in [0.1, 0.15) is 51.2 Å². The Hall–Kier alpha value is -0.820. The lowest BCUT2D eigenvalue weighted by Crippen LogP contribution is -2.38. The molecule has 1 aromatic carbocycles. The molecule has 1 aromatic rings. The molecule has 1 unspecified atom stereocenters. The third kappa shape index (κ3) is 10.1. The number of nitrogens with zero attached hydrogens (tertiary/aromatic N) is 2. The second-order valence-electron chi connectivity index (χ2n) is 7.08. The predicted octanol–water partition coefficient (Wildman–Crippen LogP) is 3.99. The predicted molar refractivity (Wildman–Crippen MR) is 116 cm³/mol. The average molecular weight is 446 g/mol. The summed E-state index contributed by atoms with van der Waals surface area (Å²) in [4.78, 5) is 6.68. The van der Waals surface area contributed by atoms with Gasteiger partial charge in [-0.25, -0.2) is 4.99 Å².